The van der Waals surface area contributed by atoms with Crippen LogP contribution in [0.25, 0.3) is 22.4 Å². The molecule has 0 aliphatic heterocycles. The van der Waals surface area contributed by atoms with E-state index in [-0.39, 0.29) is 5.75 Å². The van der Waals surface area contributed by atoms with Crippen LogP contribution in [-0.4, -0.2) is 10.1 Å². The van der Waals surface area contributed by atoms with E-state index < -0.39 is 0 Å². The summed E-state index contributed by atoms with van der Waals surface area (Å²) in [5.74, 6) is 0.111. The van der Waals surface area contributed by atoms with Gasteiger partial charge in [-0.3, -0.25) is 0 Å². The first-order valence-corrected chi connectivity index (χ1v) is 8.90. The number of phenols is 1. The minimum atomic E-state index is 0.111. The number of hydrogen-bond acceptors (Lipinski definition) is 4. The summed E-state index contributed by atoms with van der Waals surface area (Å²) in [4.78, 5) is 9.45. The Balaban J connectivity index is 2.10. The summed E-state index contributed by atoms with van der Waals surface area (Å²) >= 11 is 6.10. The monoisotopic (exact) mass is 376 g/mol. The molecule has 0 spiro atoms. The Labute approximate surface area is 161 Å². The third-order valence-corrected chi connectivity index (χ3v) is 4.61. The van der Waals surface area contributed by atoms with E-state index in [1.165, 1.54) is 0 Å². The second-order valence-corrected chi connectivity index (χ2v) is 6.79. The molecule has 4 nitrogen and oxygen atoms in total. The molecule has 0 unspecified atom stereocenters. The van der Waals surface area contributed by atoms with Gasteiger partial charge in [-0.2, -0.15) is 0 Å². The maximum absolute atomic E-state index is 10.3. The highest BCUT2D eigenvalue weighted by atomic mass is 35.5. The molecule has 0 saturated carbocycles. The Bertz CT molecular complexity index is 1210. The molecule has 0 aliphatic carbocycles. The van der Waals surface area contributed by atoms with Gasteiger partial charge in [0.15, 0.2) is 5.58 Å². The van der Waals surface area contributed by atoms with Crippen LogP contribution in [0.2, 0.25) is 5.02 Å². The molecule has 5 heteroatoms. The zero-order chi connectivity index (χ0) is 19.0. The molecule has 4 rings (SSSR count). The summed E-state index contributed by atoms with van der Waals surface area (Å²) in [7, 11) is 0. The Morgan fingerprint density at radius 3 is 2.44 bits per heavy atom. The van der Waals surface area contributed by atoms with Crippen LogP contribution < -0.4 is 5.55 Å². The van der Waals surface area contributed by atoms with E-state index in [9.17, 15) is 5.11 Å². The van der Waals surface area contributed by atoms with Gasteiger partial charge in [0, 0.05) is 10.6 Å². The number of aromatic hydroxyl groups is 1. The van der Waals surface area contributed by atoms with Crippen molar-refractivity contribution in [1.29, 1.82) is 0 Å². The summed E-state index contributed by atoms with van der Waals surface area (Å²) in [5, 5.41) is 10.9. The first-order valence-electron chi connectivity index (χ1n) is 8.52. The van der Waals surface area contributed by atoms with Gasteiger partial charge in [0.1, 0.15) is 17.0 Å². The molecular formula is C22H17ClN2O2. The quantitative estimate of drug-likeness (QED) is 0.488. The van der Waals surface area contributed by atoms with Gasteiger partial charge in [-0.25, -0.2) is 9.98 Å². The van der Waals surface area contributed by atoms with Crippen LogP contribution in [0.1, 0.15) is 11.1 Å². The van der Waals surface area contributed by atoms with E-state index >= 15 is 0 Å². The summed E-state index contributed by atoms with van der Waals surface area (Å²) in [6, 6.07) is 18.2. The first-order chi connectivity index (χ1) is 13.0. The second kappa shape index (κ2) is 6.89. The van der Waals surface area contributed by atoms with Crippen molar-refractivity contribution in [3.63, 3.8) is 0 Å². The molecule has 0 amide bonds. The first kappa shape index (κ1) is 17.3. The predicted octanol–water partition coefficient (Wildman–Crippen LogP) is 5.70. The topological polar surface area (TPSA) is 58.6 Å². The van der Waals surface area contributed by atoms with Crippen molar-refractivity contribution in [2.75, 3.05) is 0 Å². The van der Waals surface area contributed by atoms with E-state index in [0.29, 0.717) is 32.9 Å². The molecule has 1 aromatic heterocycles. The Morgan fingerprint density at radius 1 is 0.963 bits per heavy atom. The minimum absolute atomic E-state index is 0.111. The molecule has 27 heavy (non-hydrogen) atoms. The number of hydrogen-bond donors (Lipinski definition) is 1. The summed E-state index contributed by atoms with van der Waals surface area (Å²) in [6.07, 6.45) is 0. The molecule has 0 bridgehead atoms. The number of halogens is 1. The van der Waals surface area contributed by atoms with Gasteiger partial charge in [0.2, 0.25) is 5.55 Å². The van der Waals surface area contributed by atoms with Crippen molar-refractivity contribution in [3.8, 4) is 17.0 Å². The van der Waals surface area contributed by atoms with Gasteiger partial charge in [-0.15, -0.1) is 0 Å². The lowest BCUT2D eigenvalue weighted by atomic mass is 10.1. The second-order valence-electron chi connectivity index (χ2n) is 6.35. The van der Waals surface area contributed by atoms with Gasteiger partial charge >= 0.3 is 0 Å². The van der Waals surface area contributed by atoms with Crippen LogP contribution >= 0.6 is 11.6 Å². The molecule has 1 heterocycles. The lowest BCUT2D eigenvalue weighted by molar-refractivity contribution is 0.475. The molecule has 0 radical (unpaired) electrons. The lowest BCUT2D eigenvalue weighted by Crippen LogP contribution is -2.09. The summed E-state index contributed by atoms with van der Waals surface area (Å²) in [5.41, 5.74) is 5.41. The normalized spacial score (nSPS) is 11.9. The van der Waals surface area contributed by atoms with E-state index in [0.717, 1.165) is 16.8 Å². The SMILES string of the molecule is Cc1cccc(C)c1N=c1oc2ccc(Cl)cc2nc1-c1ccccc1O. The number of rotatable bonds is 2. The summed E-state index contributed by atoms with van der Waals surface area (Å²) < 4.78 is 6.07. The fourth-order valence-electron chi connectivity index (χ4n) is 2.99. The van der Waals surface area contributed by atoms with Crippen LogP contribution in [0.4, 0.5) is 5.69 Å². The number of aromatic nitrogens is 1. The van der Waals surface area contributed by atoms with Crippen molar-refractivity contribution in [3.05, 3.63) is 82.4 Å². The fraction of sp³-hybridized carbons (Fsp3) is 0.0909. The maximum atomic E-state index is 10.3. The zero-order valence-corrected chi connectivity index (χ0v) is 15.7. The van der Waals surface area contributed by atoms with Gasteiger partial charge in [0.05, 0.1) is 5.69 Å². The predicted molar refractivity (Wildman–Crippen MR) is 107 cm³/mol. The molecular weight excluding hydrogens is 360 g/mol. The smallest absolute Gasteiger partial charge is 0.246 e. The van der Waals surface area contributed by atoms with Crippen molar-refractivity contribution in [2.24, 2.45) is 4.99 Å². The Kier molecular flexibility index (Phi) is 4.42. The number of fused-ring (bicyclic) bond motifs is 1. The van der Waals surface area contributed by atoms with E-state index in [1.54, 1.807) is 36.4 Å². The molecule has 3 aromatic carbocycles. The van der Waals surface area contributed by atoms with Crippen LogP contribution in [0.5, 0.6) is 5.75 Å². The van der Waals surface area contributed by atoms with Crippen LogP contribution in [0, 0.1) is 13.8 Å². The highest BCUT2D eigenvalue weighted by molar-refractivity contribution is 6.31. The van der Waals surface area contributed by atoms with Gasteiger partial charge < -0.3 is 9.52 Å². The standard InChI is InChI=1S/C22H17ClN2O2/c1-13-6-5-7-14(2)20(13)25-22-21(16-8-3-4-9-18(16)26)24-17-12-15(23)10-11-19(17)27-22/h3-12,26H,1-2H3. The summed E-state index contributed by atoms with van der Waals surface area (Å²) in [6.45, 7) is 4.00. The average Bonchev–Trinajstić information content (AvgIpc) is 2.65. The zero-order valence-electron chi connectivity index (χ0n) is 14.9. The molecule has 0 saturated heterocycles. The number of aryl methyl sites for hydroxylation is 2. The highest BCUT2D eigenvalue weighted by Crippen LogP contribution is 2.28. The van der Waals surface area contributed by atoms with Crippen molar-refractivity contribution < 1.29 is 9.52 Å². The molecule has 0 aliphatic rings. The lowest BCUT2D eigenvalue weighted by Gasteiger charge is -2.08. The van der Waals surface area contributed by atoms with Crippen LogP contribution in [0.3, 0.4) is 0 Å². The van der Waals surface area contributed by atoms with Crippen LogP contribution in [0.15, 0.2) is 70.1 Å². The number of nitrogens with zero attached hydrogens (tertiary/aromatic N) is 2. The average molecular weight is 377 g/mol. The van der Waals surface area contributed by atoms with Crippen molar-refractivity contribution in [1.82, 2.24) is 4.98 Å². The van der Waals surface area contributed by atoms with E-state index in [1.807, 2.05) is 38.1 Å². The van der Waals surface area contributed by atoms with Crippen molar-refractivity contribution in [2.45, 2.75) is 13.8 Å². The highest BCUT2D eigenvalue weighted by Gasteiger charge is 2.13. The van der Waals surface area contributed by atoms with Gasteiger partial charge in [0.25, 0.3) is 0 Å². The maximum Gasteiger partial charge on any atom is 0.246 e. The molecule has 0 atom stereocenters. The number of phenolic OH excluding ortho intramolecular Hbond substituents is 1. The van der Waals surface area contributed by atoms with Gasteiger partial charge in [-0.1, -0.05) is 41.9 Å². The van der Waals surface area contributed by atoms with Gasteiger partial charge in [-0.05, 0) is 55.3 Å². The fourth-order valence-corrected chi connectivity index (χ4v) is 3.16. The van der Waals surface area contributed by atoms with E-state index in [4.69, 9.17) is 26.0 Å². The molecule has 1 N–H and O–H groups in total. The number of benzene rings is 3. The third kappa shape index (κ3) is 3.32. The molecule has 0 fully saturated rings. The van der Waals surface area contributed by atoms with Crippen LogP contribution in [-0.2, 0) is 0 Å². The van der Waals surface area contributed by atoms with Crippen molar-refractivity contribution >= 4 is 28.4 Å². The molecule has 134 valence electrons. The Morgan fingerprint density at radius 2 is 1.70 bits per heavy atom. The molecule has 4 aromatic rings. The van der Waals surface area contributed by atoms with E-state index in [2.05, 4.69) is 0 Å². The number of para-hydroxylation sites is 2. The minimum Gasteiger partial charge on any atom is -0.507 e. The third-order valence-electron chi connectivity index (χ3n) is 4.37. The largest absolute Gasteiger partial charge is 0.507 e. The Hall–Kier alpha value is -3.11.